The quantitative estimate of drug-likeness (QED) is 0.927. The predicted octanol–water partition coefficient (Wildman–Crippen LogP) is 2.36. The first-order valence-electron chi connectivity index (χ1n) is 7.60. The van der Waals surface area contributed by atoms with Crippen LogP contribution >= 0.6 is 11.3 Å². The third kappa shape index (κ3) is 3.20. The van der Waals surface area contributed by atoms with Gasteiger partial charge in [0, 0.05) is 19.1 Å². The monoisotopic (exact) mass is 293 g/mol. The number of hydrogen-bond acceptors (Lipinski definition) is 4. The molecular formula is C15H23N3OS. The van der Waals surface area contributed by atoms with Gasteiger partial charge in [0.15, 0.2) is 0 Å². The first kappa shape index (κ1) is 14.0. The normalized spacial score (nSPS) is 20.4. The van der Waals surface area contributed by atoms with Crippen LogP contribution in [0.4, 0.5) is 0 Å². The zero-order chi connectivity index (χ0) is 14.1. The van der Waals surface area contributed by atoms with Crippen LogP contribution in [0.15, 0.2) is 0 Å². The molecule has 1 saturated carbocycles. The van der Waals surface area contributed by atoms with Gasteiger partial charge in [0.1, 0.15) is 4.88 Å². The molecule has 0 radical (unpaired) electrons. The Morgan fingerprint density at radius 1 is 1.30 bits per heavy atom. The summed E-state index contributed by atoms with van der Waals surface area (Å²) < 4.78 is 0. The number of thiazole rings is 1. The third-order valence-electron chi connectivity index (χ3n) is 4.27. The van der Waals surface area contributed by atoms with E-state index in [0.717, 1.165) is 47.4 Å². The van der Waals surface area contributed by atoms with Crippen LogP contribution in [-0.4, -0.2) is 41.5 Å². The maximum atomic E-state index is 12.5. The molecule has 110 valence electrons. The number of piperidine rings is 1. The minimum atomic E-state index is 0.175. The van der Waals surface area contributed by atoms with Crippen molar-refractivity contribution in [2.75, 3.05) is 19.6 Å². The lowest BCUT2D eigenvalue weighted by Gasteiger charge is -2.32. The zero-order valence-electron chi connectivity index (χ0n) is 12.3. The Bertz CT molecular complexity index is 487. The van der Waals surface area contributed by atoms with E-state index in [2.05, 4.69) is 10.3 Å². The van der Waals surface area contributed by atoms with Crippen molar-refractivity contribution in [1.29, 1.82) is 0 Å². The molecule has 0 spiro atoms. The summed E-state index contributed by atoms with van der Waals surface area (Å²) in [5, 5.41) is 4.63. The summed E-state index contributed by atoms with van der Waals surface area (Å²) in [5.74, 6) is 1.10. The van der Waals surface area contributed by atoms with Gasteiger partial charge in [-0.2, -0.15) is 0 Å². The molecule has 5 heteroatoms. The van der Waals surface area contributed by atoms with Gasteiger partial charge in [0.25, 0.3) is 5.91 Å². The molecule has 1 aromatic rings. The van der Waals surface area contributed by atoms with E-state index in [0.29, 0.717) is 6.04 Å². The van der Waals surface area contributed by atoms with Crippen LogP contribution in [0, 0.1) is 19.8 Å². The molecule has 1 aliphatic heterocycles. The smallest absolute Gasteiger partial charge is 0.265 e. The minimum absolute atomic E-state index is 0.175. The molecule has 2 heterocycles. The van der Waals surface area contributed by atoms with Gasteiger partial charge in [-0.1, -0.05) is 0 Å². The Morgan fingerprint density at radius 3 is 2.55 bits per heavy atom. The number of amides is 1. The van der Waals surface area contributed by atoms with E-state index in [9.17, 15) is 4.79 Å². The van der Waals surface area contributed by atoms with Crippen molar-refractivity contribution >= 4 is 17.2 Å². The fourth-order valence-electron chi connectivity index (χ4n) is 2.82. The second-order valence-electron chi connectivity index (χ2n) is 6.07. The van der Waals surface area contributed by atoms with Crippen molar-refractivity contribution in [2.45, 2.75) is 45.6 Å². The van der Waals surface area contributed by atoms with E-state index < -0.39 is 0 Å². The molecule has 1 amide bonds. The minimum Gasteiger partial charge on any atom is -0.338 e. The number of hydrogen-bond donors (Lipinski definition) is 1. The summed E-state index contributed by atoms with van der Waals surface area (Å²) in [4.78, 5) is 19.7. The number of aromatic nitrogens is 1. The van der Waals surface area contributed by atoms with Crippen LogP contribution < -0.4 is 5.32 Å². The van der Waals surface area contributed by atoms with Gasteiger partial charge in [0.2, 0.25) is 0 Å². The molecule has 20 heavy (non-hydrogen) atoms. The van der Waals surface area contributed by atoms with Crippen LogP contribution in [0.5, 0.6) is 0 Å². The summed E-state index contributed by atoms with van der Waals surface area (Å²) in [7, 11) is 0. The molecule has 1 aromatic heterocycles. The molecule has 3 rings (SSSR count). The first-order valence-corrected chi connectivity index (χ1v) is 8.42. The largest absolute Gasteiger partial charge is 0.338 e. The van der Waals surface area contributed by atoms with E-state index in [1.54, 1.807) is 0 Å². The van der Waals surface area contributed by atoms with E-state index in [1.165, 1.54) is 30.7 Å². The lowest BCUT2D eigenvalue weighted by atomic mass is 10.0. The van der Waals surface area contributed by atoms with Crippen LogP contribution in [0.1, 0.15) is 46.1 Å². The molecule has 0 bridgehead atoms. The van der Waals surface area contributed by atoms with Crippen molar-refractivity contribution in [3.8, 4) is 0 Å². The Kier molecular flexibility index (Phi) is 4.08. The Hall–Kier alpha value is -0.940. The number of rotatable bonds is 4. The molecule has 1 aliphatic carbocycles. The maximum absolute atomic E-state index is 12.5. The van der Waals surface area contributed by atoms with Crippen molar-refractivity contribution in [1.82, 2.24) is 15.2 Å². The molecular weight excluding hydrogens is 270 g/mol. The summed E-state index contributed by atoms with van der Waals surface area (Å²) >= 11 is 1.52. The second-order valence-corrected chi connectivity index (χ2v) is 7.27. The first-order chi connectivity index (χ1) is 9.63. The second kappa shape index (κ2) is 5.82. The van der Waals surface area contributed by atoms with Crippen molar-refractivity contribution in [3.63, 3.8) is 0 Å². The van der Waals surface area contributed by atoms with Crippen LogP contribution in [0.3, 0.4) is 0 Å². The van der Waals surface area contributed by atoms with Crippen LogP contribution in [0.2, 0.25) is 0 Å². The van der Waals surface area contributed by atoms with E-state index >= 15 is 0 Å². The van der Waals surface area contributed by atoms with Gasteiger partial charge >= 0.3 is 0 Å². The van der Waals surface area contributed by atoms with Gasteiger partial charge in [-0.05, 0) is 52.0 Å². The lowest BCUT2D eigenvalue weighted by Crippen LogP contribution is -2.45. The van der Waals surface area contributed by atoms with E-state index in [-0.39, 0.29) is 5.91 Å². The maximum Gasteiger partial charge on any atom is 0.265 e. The van der Waals surface area contributed by atoms with Gasteiger partial charge in [0.05, 0.1) is 10.7 Å². The highest BCUT2D eigenvalue weighted by molar-refractivity contribution is 7.13. The van der Waals surface area contributed by atoms with Crippen molar-refractivity contribution in [3.05, 3.63) is 15.6 Å². The Balaban J connectivity index is 1.51. The Morgan fingerprint density at radius 2 is 2.00 bits per heavy atom. The van der Waals surface area contributed by atoms with Gasteiger partial charge in [-0.15, -0.1) is 11.3 Å². The molecule has 0 aromatic carbocycles. The summed E-state index contributed by atoms with van der Waals surface area (Å²) in [6.45, 7) is 6.81. The molecule has 0 unspecified atom stereocenters. The summed E-state index contributed by atoms with van der Waals surface area (Å²) in [6, 6.07) is 0.601. The number of likely N-dealkylation sites (tertiary alicyclic amines) is 1. The zero-order valence-corrected chi connectivity index (χ0v) is 13.1. The third-order valence-corrected chi connectivity index (χ3v) is 5.33. The highest BCUT2D eigenvalue weighted by Gasteiger charge is 2.27. The van der Waals surface area contributed by atoms with Crippen molar-refractivity contribution in [2.24, 2.45) is 5.92 Å². The van der Waals surface area contributed by atoms with Gasteiger partial charge in [-0.25, -0.2) is 4.98 Å². The fraction of sp³-hybridized carbons (Fsp3) is 0.733. The average molecular weight is 293 g/mol. The molecule has 0 atom stereocenters. The van der Waals surface area contributed by atoms with E-state index in [4.69, 9.17) is 0 Å². The highest BCUT2D eigenvalue weighted by Crippen LogP contribution is 2.28. The average Bonchev–Trinajstić information content (AvgIpc) is 3.21. The van der Waals surface area contributed by atoms with Gasteiger partial charge < -0.3 is 10.2 Å². The summed E-state index contributed by atoms with van der Waals surface area (Å²) in [5.41, 5.74) is 0.881. The Labute approximate surface area is 124 Å². The van der Waals surface area contributed by atoms with E-state index in [1.807, 2.05) is 18.7 Å². The van der Waals surface area contributed by atoms with Gasteiger partial charge in [-0.3, -0.25) is 4.79 Å². The fourth-order valence-corrected chi connectivity index (χ4v) is 3.70. The molecule has 1 N–H and O–H groups in total. The number of aryl methyl sites for hydroxylation is 2. The molecule has 4 nitrogen and oxygen atoms in total. The number of carbonyl (C=O) groups excluding carboxylic acids is 1. The predicted molar refractivity (Wildman–Crippen MR) is 81.2 cm³/mol. The molecule has 2 fully saturated rings. The number of nitrogens with zero attached hydrogens (tertiary/aromatic N) is 2. The summed E-state index contributed by atoms with van der Waals surface area (Å²) in [6.07, 6.45) is 4.95. The highest BCUT2D eigenvalue weighted by atomic mass is 32.1. The van der Waals surface area contributed by atoms with Crippen LogP contribution in [0.25, 0.3) is 0 Å². The topological polar surface area (TPSA) is 45.2 Å². The number of nitrogens with one attached hydrogen (secondary N) is 1. The molecule has 1 saturated heterocycles. The lowest BCUT2D eigenvalue weighted by molar-refractivity contribution is 0.0709. The SMILES string of the molecule is Cc1nc(C)c(C(=O)N2CCC(NCC3CC3)CC2)s1. The van der Waals surface area contributed by atoms with Crippen LogP contribution in [-0.2, 0) is 0 Å². The number of carbonyl (C=O) groups is 1. The standard InChI is InChI=1S/C15H23N3OS/c1-10-14(20-11(2)17-10)15(19)18-7-5-13(6-8-18)16-9-12-3-4-12/h12-13,16H,3-9H2,1-2H3. The van der Waals surface area contributed by atoms with Crippen molar-refractivity contribution < 1.29 is 4.79 Å². The molecule has 2 aliphatic rings.